The second-order valence-corrected chi connectivity index (χ2v) is 3.62. The average Bonchev–Trinajstić information content (AvgIpc) is 2.38. The fourth-order valence-electron chi connectivity index (χ4n) is 1.35. The van der Waals surface area contributed by atoms with Crippen LogP contribution >= 0.6 is 0 Å². The van der Waals surface area contributed by atoms with Gasteiger partial charge in [-0.25, -0.2) is 0 Å². The zero-order chi connectivity index (χ0) is 13.5. The van der Waals surface area contributed by atoms with Crippen molar-refractivity contribution in [3.05, 3.63) is 29.8 Å². The summed E-state index contributed by atoms with van der Waals surface area (Å²) in [6, 6.07) is 6.43. The van der Waals surface area contributed by atoms with E-state index in [-0.39, 0.29) is 18.6 Å². The molecule has 0 unspecified atom stereocenters. The van der Waals surface area contributed by atoms with Gasteiger partial charge in [-0.1, -0.05) is 0 Å². The summed E-state index contributed by atoms with van der Waals surface area (Å²) in [5.41, 5.74) is 0.411. The van der Waals surface area contributed by atoms with Crippen LogP contribution in [0.25, 0.3) is 0 Å². The van der Waals surface area contributed by atoms with Crippen LogP contribution in [0.3, 0.4) is 0 Å². The van der Waals surface area contributed by atoms with E-state index >= 15 is 0 Å². The van der Waals surface area contributed by atoms with Crippen molar-refractivity contribution in [1.82, 2.24) is 0 Å². The molecule has 0 aliphatic rings. The zero-order valence-corrected chi connectivity index (χ0v) is 10.3. The topological polar surface area (TPSA) is 69.7 Å². The molecule has 0 heterocycles. The molecule has 0 amide bonds. The maximum atomic E-state index is 11.7. The summed E-state index contributed by atoms with van der Waals surface area (Å²) in [5.74, 6) is -0.788. The molecule has 0 bridgehead atoms. The van der Waals surface area contributed by atoms with Crippen molar-refractivity contribution in [2.45, 2.75) is 12.8 Å². The lowest BCUT2D eigenvalue weighted by atomic mass is 10.0. The van der Waals surface area contributed by atoms with Gasteiger partial charge in [-0.05, 0) is 24.3 Å². The molecule has 0 atom stereocenters. The van der Waals surface area contributed by atoms with Gasteiger partial charge in [0, 0.05) is 5.56 Å². The Hall–Kier alpha value is -2.17. The first-order chi connectivity index (χ1) is 8.56. The van der Waals surface area contributed by atoms with Gasteiger partial charge in [0.15, 0.2) is 11.6 Å². The first-order valence-corrected chi connectivity index (χ1v) is 5.32. The SMILES string of the molecule is COC(=O)CC(=O)CC(=O)c1ccc(OC)cc1. The number of ether oxygens (including phenoxy) is 2. The molecule has 0 saturated heterocycles. The monoisotopic (exact) mass is 250 g/mol. The Bertz CT molecular complexity index is 447. The number of carbonyl (C=O) groups is 3. The maximum absolute atomic E-state index is 11.7. The van der Waals surface area contributed by atoms with Gasteiger partial charge in [0.25, 0.3) is 0 Å². The third kappa shape index (κ3) is 4.01. The van der Waals surface area contributed by atoms with Gasteiger partial charge in [0.05, 0.1) is 20.6 Å². The van der Waals surface area contributed by atoms with E-state index in [2.05, 4.69) is 4.74 Å². The number of hydrogen-bond acceptors (Lipinski definition) is 5. The highest BCUT2D eigenvalue weighted by molar-refractivity contribution is 6.11. The Morgan fingerprint density at radius 3 is 2.11 bits per heavy atom. The molecule has 0 N–H and O–H groups in total. The fraction of sp³-hybridized carbons (Fsp3) is 0.308. The Morgan fingerprint density at radius 1 is 1.00 bits per heavy atom. The van der Waals surface area contributed by atoms with Crippen LogP contribution in [-0.2, 0) is 14.3 Å². The third-order valence-electron chi connectivity index (χ3n) is 2.34. The summed E-state index contributed by atoms with van der Waals surface area (Å²) in [7, 11) is 2.72. The highest BCUT2D eigenvalue weighted by Gasteiger charge is 2.15. The van der Waals surface area contributed by atoms with E-state index in [0.717, 1.165) is 0 Å². The first-order valence-electron chi connectivity index (χ1n) is 5.32. The van der Waals surface area contributed by atoms with Crippen molar-refractivity contribution in [3.63, 3.8) is 0 Å². The van der Waals surface area contributed by atoms with E-state index in [9.17, 15) is 14.4 Å². The summed E-state index contributed by atoms with van der Waals surface area (Å²) in [6.07, 6.45) is -0.681. The minimum absolute atomic E-state index is 0.304. The lowest BCUT2D eigenvalue weighted by Gasteiger charge is -2.02. The van der Waals surface area contributed by atoms with Crippen LogP contribution in [0, 0.1) is 0 Å². The highest BCUT2D eigenvalue weighted by atomic mass is 16.5. The van der Waals surface area contributed by atoms with Crippen molar-refractivity contribution in [2.75, 3.05) is 14.2 Å². The molecule has 1 aromatic rings. The summed E-state index contributed by atoms with van der Waals surface area (Å²) in [4.78, 5) is 33.9. The van der Waals surface area contributed by atoms with E-state index < -0.39 is 11.8 Å². The van der Waals surface area contributed by atoms with E-state index in [1.165, 1.54) is 14.2 Å². The second kappa shape index (κ2) is 6.54. The van der Waals surface area contributed by atoms with Crippen LogP contribution < -0.4 is 4.74 Å². The van der Waals surface area contributed by atoms with Crippen molar-refractivity contribution in [1.29, 1.82) is 0 Å². The number of methoxy groups -OCH3 is 2. The molecule has 96 valence electrons. The van der Waals surface area contributed by atoms with Crippen molar-refractivity contribution in [2.24, 2.45) is 0 Å². The van der Waals surface area contributed by atoms with Gasteiger partial charge in [0.2, 0.25) is 0 Å². The fourth-order valence-corrected chi connectivity index (χ4v) is 1.35. The molecule has 0 spiro atoms. The first kappa shape index (κ1) is 13.9. The molecule has 0 aliphatic carbocycles. The van der Waals surface area contributed by atoms with E-state index in [4.69, 9.17) is 4.74 Å². The smallest absolute Gasteiger partial charge is 0.313 e. The molecule has 5 heteroatoms. The molecular formula is C13H14O5. The number of rotatable bonds is 6. The lowest BCUT2D eigenvalue weighted by molar-refractivity contribution is -0.143. The average molecular weight is 250 g/mol. The van der Waals surface area contributed by atoms with E-state index in [0.29, 0.717) is 11.3 Å². The summed E-state index contributed by atoms with van der Waals surface area (Å²) in [5, 5.41) is 0. The third-order valence-corrected chi connectivity index (χ3v) is 2.34. The van der Waals surface area contributed by atoms with Crippen LogP contribution in [0.1, 0.15) is 23.2 Å². The molecule has 1 rings (SSSR count). The number of hydrogen-bond donors (Lipinski definition) is 0. The normalized spacial score (nSPS) is 9.67. The Kier molecular flexibility index (Phi) is 5.05. The number of benzene rings is 1. The maximum Gasteiger partial charge on any atom is 0.313 e. The van der Waals surface area contributed by atoms with Gasteiger partial charge in [-0.2, -0.15) is 0 Å². The van der Waals surface area contributed by atoms with Crippen LogP contribution in [0.15, 0.2) is 24.3 Å². The van der Waals surface area contributed by atoms with E-state index in [1.807, 2.05) is 0 Å². The van der Waals surface area contributed by atoms with Gasteiger partial charge >= 0.3 is 5.97 Å². The quantitative estimate of drug-likeness (QED) is 0.433. The molecule has 0 saturated carbocycles. The molecule has 18 heavy (non-hydrogen) atoms. The van der Waals surface area contributed by atoms with Crippen molar-refractivity contribution >= 4 is 17.5 Å². The number of Topliss-reactive ketones (excluding diaryl/α,β-unsaturated/α-hetero) is 2. The van der Waals surface area contributed by atoms with Crippen molar-refractivity contribution < 1.29 is 23.9 Å². The Balaban J connectivity index is 2.59. The van der Waals surface area contributed by atoms with Gasteiger partial charge in [-0.15, -0.1) is 0 Å². The molecule has 0 radical (unpaired) electrons. The number of ketones is 2. The molecule has 5 nitrogen and oxygen atoms in total. The Morgan fingerprint density at radius 2 is 1.61 bits per heavy atom. The highest BCUT2D eigenvalue weighted by Crippen LogP contribution is 2.13. The van der Waals surface area contributed by atoms with Crippen molar-refractivity contribution in [3.8, 4) is 5.75 Å². The molecule has 1 aromatic carbocycles. The standard InChI is InChI=1S/C13H14O5/c1-17-11-5-3-9(4-6-11)12(15)7-10(14)8-13(16)18-2/h3-6H,7-8H2,1-2H3. The number of esters is 1. The van der Waals surface area contributed by atoms with Crippen LogP contribution in [0.5, 0.6) is 5.75 Å². The van der Waals surface area contributed by atoms with Crippen LogP contribution in [0.4, 0.5) is 0 Å². The van der Waals surface area contributed by atoms with Crippen LogP contribution in [0.2, 0.25) is 0 Å². The number of carbonyl (C=O) groups excluding carboxylic acids is 3. The summed E-state index contributed by atoms with van der Waals surface area (Å²) in [6.45, 7) is 0. The van der Waals surface area contributed by atoms with Gasteiger partial charge in [0.1, 0.15) is 12.2 Å². The van der Waals surface area contributed by atoms with Gasteiger partial charge in [-0.3, -0.25) is 14.4 Å². The molecular weight excluding hydrogens is 236 g/mol. The minimum Gasteiger partial charge on any atom is -0.497 e. The Labute approximate surface area is 105 Å². The largest absolute Gasteiger partial charge is 0.497 e. The predicted molar refractivity (Wildman–Crippen MR) is 63.6 cm³/mol. The van der Waals surface area contributed by atoms with E-state index in [1.54, 1.807) is 24.3 Å². The second-order valence-electron chi connectivity index (χ2n) is 3.62. The lowest BCUT2D eigenvalue weighted by Crippen LogP contribution is -2.13. The summed E-state index contributed by atoms with van der Waals surface area (Å²) >= 11 is 0. The summed E-state index contributed by atoms with van der Waals surface area (Å²) < 4.78 is 9.31. The molecule has 0 aliphatic heterocycles. The van der Waals surface area contributed by atoms with Crippen LogP contribution in [-0.4, -0.2) is 31.8 Å². The molecule has 0 fully saturated rings. The predicted octanol–water partition coefficient (Wildman–Crippen LogP) is 1.40. The zero-order valence-electron chi connectivity index (χ0n) is 10.3. The minimum atomic E-state index is -0.637. The van der Waals surface area contributed by atoms with Gasteiger partial charge < -0.3 is 9.47 Å². The molecule has 0 aromatic heterocycles.